The van der Waals surface area contributed by atoms with Crippen LogP contribution in [0.3, 0.4) is 0 Å². The molecule has 2 aromatic rings. The molecular weight excluding hydrogens is 368 g/mol. The molecule has 0 N–H and O–H groups in total. The third-order valence-electron chi connectivity index (χ3n) is 5.58. The largest absolute Gasteiger partial charge is 0.464 e. The van der Waals surface area contributed by atoms with Crippen LogP contribution in [0.25, 0.3) is 6.08 Å². The first kappa shape index (κ1) is 18.1. The zero-order chi connectivity index (χ0) is 19.6. The first-order chi connectivity index (χ1) is 14.3. The van der Waals surface area contributed by atoms with Crippen molar-refractivity contribution in [2.24, 2.45) is 0 Å². The molecule has 2 aliphatic heterocycles. The fourth-order valence-corrected chi connectivity index (χ4v) is 3.78. The second kappa shape index (κ2) is 7.83. The Labute approximate surface area is 169 Å². The zero-order valence-corrected chi connectivity index (χ0v) is 16.3. The van der Waals surface area contributed by atoms with Gasteiger partial charge in [0.2, 0.25) is 5.89 Å². The number of carbonyl (C=O) groups excluding carboxylic acids is 1. The summed E-state index contributed by atoms with van der Waals surface area (Å²) in [6, 6.07) is 7.73. The second-order valence-electron chi connectivity index (χ2n) is 7.80. The molecule has 2 fully saturated rings. The Morgan fingerprint density at radius 3 is 2.93 bits per heavy atom. The molecule has 0 spiro atoms. The van der Waals surface area contributed by atoms with Gasteiger partial charge in [0.15, 0.2) is 5.82 Å². The third-order valence-corrected chi connectivity index (χ3v) is 5.58. The lowest BCUT2D eigenvalue weighted by atomic mass is 10.1. The van der Waals surface area contributed by atoms with Gasteiger partial charge in [0.25, 0.3) is 5.91 Å². The van der Waals surface area contributed by atoms with Crippen molar-refractivity contribution in [1.82, 2.24) is 19.9 Å². The van der Waals surface area contributed by atoms with E-state index >= 15 is 0 Å². The quantitative estimate of drug-likeness (QED) is 0.797. The van der Waals surface area contributed by atoms with Crippen molar-refractivity contribution >= 4 is 12.0 Å². The Balaban J connectivity index is 1.23. The predicted octanol–water partition coefficient (Wildman–Crippen LogP) is 2.97. The van der Waals surface area contributed by atoms with Gasteiger partial charge in [0.1, 0.15) is 5.75 Å². The highest BCUT2D eigenvalue weighted by atomic mass is 16.5. The molecule has 1 saturated heterocycles. The van der Waals surface area contributed by atoms with E-state index in [1.807, 2.05) is 35.2 Å². The Morgan fingerprint density at radius 1 is 1.14 bits per heavy atom. The van der Waals surface area contributed by atoms with Gasteiger partial charge in [-0.1, -0.05) is 23.4 Å². The summed E-state index contributed by atoms with van der Waals surface area (Å²) >= 11 is 0. The zero-order valence-electron chi connectivity index (χ0n) is 16.3. The molecule has 1 aromatic heterocycles. The van der Waals surface area contributed by atoms with Crippen molar-refractivity contribution in [1.29, 1.82) is 0 Å². The van der Waals surface area contributed by atoms with Crippen molar-refractivity contribution in [3.63, 3.8) is 0 Å². The van der Waals surface area contributed by atoms with Crippen molar-refractivity contribution in [3.8, 4) is 5.75 Å². The third kappa shape index (κ3) is 4.10. The number of para-hydroxylation sites is 1. The van der Waals surface area contributed by atoms with Crippen molar-refractivity contribution in [2.75, 3.05) is 26.2 Å². The first-order valence-corrected chi connectivity index (χ1v) is 10.2. The maximum Gasteiger partial charge on any atom is 0.254 e. The van der Waals surface area contributed by atoms with E-state index in [-0.39, 0.29) is 5.91 Å². The minimum Gasteiger partial charge on any atom is -0.464 e. The van der Waals surface area contributed by atoms with E-state index in [0.29, 0.717) is 30.5 Å². The summed E-state index contributed by atoms with van der Waals surface area (Å²) in [5.41, 5.74) is 1.56. The molecule has 0 bridgehead atoms. The Hall–Kier alpha value is -2.93. The van der Waals surface area contributed by atoms with Crippen LogP contribution in [-0.2, 0) is 11.3 Å². The molecule has 1 saturated carbocycles. The number of nitrogens with zero attached hydrogens (tertiary/aromatic N) is 4. The molecule has 7 nitrogen and oxygen atoms in total. The van der Waals surface area contributed by atoms with Crippen molar-refractivity contribution in [2.45, 2.75) is 31.7 Å². The number of amides is 1. The van der Waals surface area contributed by atoms with Gasteiger partial charge >= 0.3 is 0 Å². The maximum atomic E-state index is 13.1. The highest BCUT2D eigenvalue weighted by Gasteiger charge is 2.29. The van der Waals surface area contributed by atoms with E-state index < -0.39 is 0 Å². The molecule has 5 rings (SSSR count). The normalized spacial score (nSPS) is 19.7. The maximum absolute atomic E-state index is 13.1. The molecule has 3 heterocycles. The Kier molecular flexibility index (Phi) is 4.89. The molecule has 1 aromatic carbocycles. The van der Waals surface area contributed by atoms with Crippen LogP contribution >= 0.6 is 0 Å². The van der Waals surface area contributed by atoms with E-state index in [1.54, 1.807) is 12.3 Å². The molecule has 29 heavy (non-hydrogen) atoms. The van der Waals surface area contributed by atoms with Gasteiger partial charge < -0.3 is 14.2 Å². The smallest absolute Gasteiger partial charge is 0.254 e. The lowest BCUT2D eigenvalue weighted by molar-refractivity contribution is -0.126. The number of hydrogen-bond donors (Lipinski definition) is 0. The number of rotatable bonds is 4. The van der Waals surface area contributed by atoms with Gasteiger partial charge in [-0.25, -0.2) is 0 Å². The molecule has 1 aliphatic carbocycles. The van der Waals surface area contributed by atoms with Crippen LogP contribution in [0.1, 0.15) is 42.5 Å². The van der Waals surface area contributed by atoms with Crippen LogP contribution in [0.4, 0.5) is 0 Å². The van der Waals surface area contributed by atoms with Crippen LogP contribution in [0.15, 0.2) is 46.7 Å². The topological polar surface area (TPSA) is 71.7 Å². The molecule has 0 radical (unpaired) electrons. The van der Waals surface area contributed by atoms with E-state index in [9.17, 15) is 4.79 Å². The lowest BCUT2D eigenvalue weighted by Crippen LogP contribution is -2.35. The summed E-state index contributed by atoms with van der Waals surface area (Å²) < 4.78 is 11.0. The van der Waals surface area contributed by atoms with Crippen molar-refractivity contribution in [3.05, 3.63) is 59.5 Å². The summed E-state index contributed by atoms with van der Waals surface area (Å²) in [4.78, 5) is 21.8. The summed E-state index contributed by atoms with van der Waals surface area (Å²) in [6.45, 7) is 3.75. The number of fused-ring (bicyclic) bond motifs is 1. The number of benzene rings is 1. The number of aromatic nitrogens is 2. The Morgan fingerprint density at radius 2 is 2.03 bits per heavy atom. The summed E-state index contributed by atoms with van der Waals surface area (Å²) in [6.07, 6.45) is 8.50. The number of hydrogen-bond acceptors (Lipinski definition) is 6. The second-order valence-corrected chi connectivity index (χ2v) is 7.80. The van der Waals surface area contributed by atoms with E-state index in [4.69, 9.17) is 9.26 Å². The summed E-state index contributed by atoms with van der Waals surface area (Å²) in [5, 5.41) is 4.09. The lowest BCUT2D eigenvalue weighted by Gasteiger charge is -2.21. The van der Waals surface area contributed by atoms with Crippen LogP contribution in [0, 0.1) is 0 Å². The van der Waals surface area contributed by atoms with Gasteiger partial charge in [-0.15, -0.1) is 0 Å². The van der Waals surface area contributed by atoms with Gasteiger partial charge in [0, 0.05) is 43.2 Å². The van der Waals surface area contributed by atoms with E-state index in [1.165, 1.54) is 12.8 Å². The molecule has 150 valence electrons. The van der Waals surface area contributed by atoms with E-state index in [2.05, 4.69) is 15.0 Å². The van der Waals surface area contributed by atoms with Crippen LogP contribution in [0.5, 0.6) is 5.75 Å². The van der Waals surface area contributed by atoms with Crippen LogP contribution in [0.2, 0.25) is 0 Å². The predicted molar refractivity (Wildman–Crippen MR) is 107 cm³/mol. The fraction of sp³-hybridized carbons (Fsp3) is 0.409. The SMILES string of the molecule is O=C(C1=Cc2ccccc2OC=C1)N1CCCN(Cc2nc(C3CC3)no2)CC1. The Bertz CT molecular complexity index is 960. The average Bonchev–Trinajstić information content (AvgIpc) is 3.54. The molecular formula is C22H24N4O3. The van der Waals surface area contributed by atoms with E-state index in [0.717, 1.165) is 43.2 Å². The molecule has 0 atom stereocenters. The number of carbonyl (C=O) groups is 1. The minimum absolute atomic E-state index is 0.0391. The highest BCUT2D eigenvalue weighted by Crippen LogP contribution is 2.38. The monoisotopic (exact) mass is 392 g/mol. The number of ether oxygens (including phenoxy) is 1. The minimum atomic E-state index is 0.0391. The summed E-state index contributed by atoms with van der Waals surface area (Å²) in [5.74, 6) is 2.83. The first-order valence-electron chi connectivity index (χ1n) is 10.2. The average molecular weight is 392 g/mol. The highest BCUT2D eigenvalue weighted by molar-refractivity contribution is 6.01. The van der Waals surface area contributed by atoms with Crippen molar-refractivity contribution < 1.29 is 14.1 Å². The van der Waals surface area contributed by atoms with Gasteiger partial charge in [-0.05, 0) is 37.5 Å². The summed E-state index contributed by atoms with van der Waals surface area (Å²) in [7, 11) is 0. The standard InChI is InChI=1S/C22H24N4O3/c27-22(18-8-13-28-19-5-2-1-4-17(19)14-18)26-10-3-9-25(11-12-26)15-20-23-21(24-29-20)16-6-7-16/h1-2,4-5,8,13-14,16H,3,6-7,9-12,15H2. The molecule has 1 amide bonds. The van der Waals surface area contributed by atoms with Crippen LogP contribution in [-0.4, -0.2) is 52.0 Å². The van der Waals surface area contributed by atoms with Crippen LogP contribution < -0.4 is 4.74 Å². The molecule has 0 unspecified atom stereocenters. The van der Waals surface area contributed by atoms with Gasteiger partial charge in [0.05, 0.1) is 12.8 Å². The molecule has 3 aliphatic rings. The fourth-order valence-electron chi connectivity index (χ4n) is 3.78. The van der Waals surface area contributed by atoms with Gasteiger partial charge in [-0.2, -0.15) is 4.98 Å². The molecule has 7 heteroatoms. The van der Waals surface area contributed by atoms with Gasteiger partial charge in [-0.3, -0.25) is 9.69 Å².